The fourth-order valence-electron chi connectivity index (χ4n) is 4.95. The average molecular weight is 596 g/mol. The monoisotopic (exact) mass is 595 g/mol. The Bertz CT molecular complexity index is 1310. The molecule has 0 radical (unpaired) electrons. The van der Waals surface area contributed by atoms with Crippen molar-refractivity contribution in [1.82, 2.24) is 25.2 Å². The van der Waals surface area contributed by atoms with Gasteiger partial charge in [0, 0.05) is 19.3 Å². The zero-order valence-electron chi connectivity index (χ0n) is 21.7. The average Bonchev–Trinajstić information content (AvgIpc) is 3.33. The van der Waals surface area contributed by atoms with Crippen LogP contribution in [0.2, 0.25) is 0 Å². The SMILES string of the molecule is Cn1nnc(N(Cc2cc(C(F)(F)F)cc(C(F)(F)F)c2)Cc2cc(C(F)(F)F)cnc2C(N)C2CCCCC2)n1. The normalized spacial score (nSPS) is 16.2. The molecule has 1 aliphatic carbocycles. The predicted molar refractivity (Wildman–Crippen MR) is 128 cm³/mol. The lowest BCUT2D eigenvalue weighted by atomic mass is 9.82. The van der Waals surface area contributed by atoms with E-state index in [4.69, 9.17) is 5.73 Å². The standard InChI is InChI=1S/C25H26F9N7/c1-40-38-22(37-39-40)41(12-14-7-17(23(26,27)28)10-18(8-14)24(29,30)31)13-16-9-19(25(32,33)34)11-36-21(16)20(35)15-5-3-2-4-6-15/h7-11,15,20H,2-6,12-13,35H2,1H3. The third-order valence-electron chi connectivity index (χ3n) is 6.96. The van der Waals surface area contributed by atoms with Crippen molar-refractivity contribution in [2.45, 2.75) is 69.8 Å². The first kappa shape index (κ1) is 30.5. The van der Waals surface area contributed by atoms with Crippen LogP contribution < -0.4 is 10.6 Å². The van der Waals surface area contributed by atoms with Crippen LogP contribution in [0.3, 0.4) is 0 Å². The zero-order valence-corrected chi connectivity index (χ0v) is 21.7. The topological polar surface area (TPSA) is 85.8 Å². The van der Waals surface area contributed by atoms with Crippen molar-refractivity contribution in [3.05, 3.63) is 64.0 Å². The highest BCUT2D eigenvalue weighted by Crippen LogP contribution is 2.38. The second-order valence-corrected chi connectivity index (χ2v) is 10.0. The van der Waals surface area contributed by atoms with Gasteiger partial charge in [-0.25, -0.2) is 0 Å². The van der Waals surface area contributed by atoms with Gasteiger partial charge in [-0.05, 0) is 59.4 Å². The molecule has 1 fully saturated rings. The molecule has 0 spiro atoms. The predicted octanol–water partition coefficient (Wildman–Crippen LogP) is 6.45. The van der Waals surface area contributed by atoms with Crippen molar-refractivity contribution >= 4 is 5.95 Å². The summed E-state index contributed by atoms with van der Waals surface area (Å²) in [5, 5.41) is 11.4. The van der Waals surface area contributed by atoms with E-state index in [2.05, 4.69) is 20.4 Å². The molecule has 1 saturated carbocycles. The number of hydrogen-bond donors (Lipinski definition) is 1. The maximum absolute atomic E-state index is 13.6. The lowest BCUT2D eigenvalue weighted by Gasteiger charge is -2.30. The Morgan fingerprint density at radius 1 is 0.854 bits per heavy atom. The van der Waals surface area contributed by atoms with Gasteiger partial charge in [0.05, 0.1) is 35.5 Å². The van der Waals surface area contributed by atoms with E-state index < -0.39 is 59.9 Å². The molecule has 0 amide bonds. The van der Waals surface area contributed by atoms with Gasteiger partial charge in [0.1, 0.15) is 0 Å². The van der Waals surface area contributed by atoms with Crippen LogP contribution in [0.1, 0.15) is 71.7 Å². The molecule has 1 aromatic carbocycles. The van der Waals surface area contributed by atoms with Gasteiger partial charge < -0.3 is 10.6 Å². The molecule has 2 aromatic heterocycles. The first-order valence-electron chi connectivity index (χ1n) is 12.6. The quantitative estimate of drug-likeness (QED) is 0.316. The van der Waals surface area contributed by atoms with Crippen LogP contribution in [0.25, 0.3) is 0 Å². The summed E-state index contributed by atoms with van der Waals surface area (Å²) < 4.78 is 122. The van der Waals surface area contributed by atoms with Crippen LogP contribution in [0.15, 0.2) is 30.5 Å². The molecule has 0 saturated heterocycles. The van der Waals surface area contributed by atoms with Crippen molar-refractivity contribution in [3.63, 3.8) is 0 Å². The summed E-state index contributed by atoms with van der Waals surface area (Å²) in [7, 11) is 1.37. The second kappa shape index (κ2) is 11.4. The molecule has 0 aliphatic heterocycles. The summed E-state index contributed by atoms with van der Waals surface area (Å²) >= 11 is 0. The molecule has 3 aromatic rings. The van der Waals surface area contributed by atoms with Crippen LogP contribution in [-0.4, -0.2) is 25.2 Å². The highest BCUT2D eigenvalue weighted by Gasteiger charge is 2.38. The summed E-state index contributed by atoms with van der Waals surface area (Å²) in [5.41, 5.74) is 2.05. The van der Waals surface area contributed by atoms with E-state index in [1.54, 1.807) is 0 Å². The Hall–Kier alpha value is -3.43. The number of pyridine rings is 1. The Kier molecular flexibility index (Phi) is 8.52. The number of alkyl halides is 9. The van der Waals surface area contributed by atoms with Crippen molar-refractivity contribution in [2.75, 3.05) is 4.90 Å². The number of rotatable bonds is 7. The third kappa shape index (κ3) is 7.45. The lowest BCUT2D eigenvalue weighted by Crippen LogP contribution is -2.29. The van der Waals surface area contributed by atoms with Crippen molar-refractivity contribution in [3.8, 4) is 0 Å². The maximum atomic E-state index is 13.6. The van der Waals surface area contributed by atoms with Crippen LogP contribution >= 0.6 is 0 Å². The Morgan fingerprint density at radius 3 is 1.95 bits per heavy atom. The molecule has 0 bridgehead atoms. The van der Waals surface area contributed by atoms with Crippen molar-refractivity contribution in [2.24, 2.45) is 18.7 Å². The number of nitrogens with zero attached hydrogens (tertiary/aromatic N) is 6. The fourth-order valence-corrected chi connectivity index (χ4v) is 4.95. The molecule has 4 rings (SSSR count). The van der Waals surface area contributed by atoms with Crippen molar-refractivity contribution < 1.29 is 39.5 Å². The van der Waals surface area contributed by atoms with Crippen LogP contribution in [0.4, 0.5) is 45.5 Å². The highest BCUT2D eigenvalue weighted by atomic mass is 19.4. The van der Waals surface area contributed by atoms with E-state index >= 15 is 0 Å². The molecule has 224 valence electrons. The van der Waals surface area contributed by atoms with Gasteiger partial charge in [-0.3, -0.25) is 4.98 Å². The van der Waals surface area contributed by atoms with E-state index in [9.17, 15) is 39.5 Å². The van der Waals surface area contributed by atoms with E-state index in [0.29, 0.717) is 18.3 Å². The molecule has 41 heavy (non-hydrogen) atoms. The minimum atomic E-state index is -5.09. The number of benzene rings is 1. The van der Waals surface area contributed by atoms with E-state index in [1.807, 2.05) is 0 Å². The lowest BCUT2D eigenvalue weighted by molar-refractivity contribution is -0.143. The molecule has 7 nitrogen and oxygen atoms in total. The van der Waals surface area contributed by atoms with E-state index in [-0.39, 0.29) is 29.2 Å². The molecule has 2 N–H and O–H groups in total. The van der Waals surface area contributed by atoms with Gasteiger partial charge in [0.15, 0.2) is 0 Å². The van der Waals surface area contributed by atoms with Gasteiger partial charge in [0.2, 0.25) is 0 Å². The van der Waals surface area contributed by atoms with Gasteiger partial charge in [0.25, 0.3) is 5.95 Å². The molecule has 1 unspecified atom stereocenters. The van der Waals surface area contributed by atoms with Gasteiger partial charge in [-0.15, -0.1) is 5.10 Å². The summed E-state index contributed by atoms with van der Waals surface area (Å²) in [5.74, 6) is -0.291. The molecule has 2 heterocycles. The van der Waals surface area contributed by atoms with Crippen LogP contribution in [0.5, 0.6) is 0 Å². The number of anilines is 1. The number of tetrazole rings is 1. The smallest absolute Gasteiger partial charge is 0.329 e. The molecular formula is C25H26F9N7. The summed E-state index contributed by atoms with van der Waals surface area (Å²) in [6, 6.07) is 1.17. The van der Waals surface area contributed by atoms with E-state index in [0.717, 1.165) is 47.9 Å². The summed E-state index contributed by atoms with van der Waals surface area (Å²) in [4.78, 5) is 6.17. The van der Waals surface area contributed by atoms with Crippen molar-refractivity contribution in [1.29, 1.82) is 0 Å². The minimum absolute atomic E-state index is 0.00614. The Labute approximate surface area is 228 Å². The number of nitrogens with two attached hydrogens (primary N) is 1. The highest BCUT2D eigenvalue weighted by molar-refractivity contribution is 5.40. The van der Waals surface area contributed by atoms with Gasteiger partial charge in [-0.1, -0.05) is 24.4 Å². The number of hydrogen-bond acceptors (Lipinski definition) is 6. The summed E-state index contributed by atoms with van der Waals surface area (Å²) in [6.45, 7) is -1.07. The van der Waals surface area contributed by atoms with Gasteiger partial charge >= 0.3 is 18.5 Å². The maximum Gasteiger partial charge on any atom is 0.417 e. The minimum Gasteiger partial charge on any atom is -0.329 e. The third-order valence-corrected chi connectivity index (χ3v) is 6.96. The molecule has 1 atom stereocenters. The van der Waals surface area contributed by atoms with E-state index in [1.165, 1.54) is 7.05 Å². The second-order valence-electron chi connectivity index (χ2n) is 10.0. The molecule has 1 aliphatic rings. The van der Waals surface area contributed by atoms with Gasteiger partial charge in [-0.2, -0.15) is 44.3 Å². The molecule has 16 heteroatoms. The number of aromatic nitrogens is 5. The largest absolute Gasteiger partial charge is 0.417 e. The first-order chi connectivity index (χ1) is 19.0. The summed E-state index contributed by atoms with van der Waals surface area (Å²) in [6.07, 6.45) is -10.0. The number of aryl methyl sites for hydroxylation is 1. The van der Waals surface area contributed by atoms with Crippen LogP contribution in [-0.2, 0) is 38.7 Å². The zero-order chi connectivity index (χ0) is 30.2. The van der Waals surface area contributed by atoms with Crippen LogP contribution in [0, 0.1) is 5.92 Å². The Morgan fingerprint density at radius 2 is 1.44 bits per heavy atom. The molecular weight excluding hydrogens is 569 g/mol. The number of halogens is 9. The first-order valence-corrected chi connectivity index (χ1v) is 12.6. The Balaban J connectivity index is 1.79. The fraction of sp³-hybridized carbons (Fsp3) is 0.520.